The Labute approximate surface area is 201 Å². The molecule has 0 saturated heterocycles. The summed E-state index contributed by atoms with van der Waals surface area (Å²) in [4.78, 5) is 13.6. The second-order valence-electron chi connectivity index (χ2n) is 10.5. The van der Waals surface area contributed by atoms with Gasteiger partial charge in [0.1, 0.15) is 0 Å². The van der Waals surface area contributed by atoms with Crippen molar-refractivity contribution in [3.05, 3.63) is 65.2 Å². The van der Waals surface area contributed by atoms with Crippen molar-refractivity contribution in [2.24, 2.45) is 0 Å². The minimum absolute atomic E-state index is 0.111. The zero-order chi connectivity index (χ0) is 23.8. The van der Waals surface area contributed by atoms with Crippen LogP contribution >= 0.6 is 0 Å². The van der Waals surface area contributed by atoms with Crippen molar-refractivity contribution in [2.75, 3.05) is 11.9 Å². The number of carbonyl (C=O) groups is 1. The van der Waals surface area contributed by atoms with E-state index in [2.05, 4.69) is 93.8 Å². The van der Waals surface area contributed by atoms with E-state index in [1.807, 2.05) is 0 Å². The molecule has 33 heavy (non-hydrogen) atoms. The SMILES string of the molecule is CCCCC(NCC1(c2ccccc2)CCCC1)C(=O)Nc1c(C(C)C)cccc1C(C)C. The van der Waals surface area contributed by atoms with Crippen LogP contribution in [-0.2, 0) is 10.2 Å². The van der Waals surface area contributed by atoms with E-state index in [0.717, 1.165) is 31.5 Å². The Morgan fingerprint density at radius 1 is 0.909 bits per heavy atom. The fraction of sp³-hybridized carbons (Fsp3) is 0.567. The summed E-state index contributed by atoms with van der Waals surface area (Å²) >= 11 is 0. The van der Waals surface area contributed by atoms with Gasteiger partial charge in [0, 0.05) is 17.6 Å². The van der Waals surface area contributed by atoms with Gasteiger partial charge in [-0.05, 0) is 47.8 Å². The summed E-state index contributed by atoms with van der Waals surface area (Å²) in [6.45, 7) is 11.9. The molecule has 1 unspecified atom stereocenters. The third-order valence-corrected chi connectivity index (χ3v) is 7.42. The molecule has 0 radical (unpaired) electrons. The molecule has 1 saturated carbocycles. The third kappa shape index (κ3) is 6.26. The van der Waals surface area contributed by atoms with Crippen LogP contribution in [0.3, 0.4) is 0 Å². The van der Waals surface area contributed by atoms with Crippen LogP contribution in [-0.4, -0.2) is 18.5 Å². The van der Waals surface area contributed by atoms with Gasteiger partial charge in [0.15, 0.2) is 0 Å². The average Bonchev–Trinajstić information content (AvgIpc) is 3.29. The predicted molar refractivity (Wildman–Crippen MR) is 141 cm³/mol. The molecular weight excluding hydrogens is 404 g/mol. The van der Waals surface area contributed by atoms with E-state index in [1.54, 1.807) is 0 Å². The number of hydrogen-bond acceptors (Lipinski definition) is 2. The lowest BCUT2D eigenvalue weighted by molar-refractivity contribution is -0.118. The standard InChI is InChI=1S/C30H44N2O/c1-6-7-18-27(31-21-30(19-11-12-20-30)24-14-9-8-10-15-24)29(33)32-28-25(22(2)3)16-13-17-26(28)23(4)5/h8-10,13-17,22-23,27,31H,6-7,11-12,18-21H2,1-5H3,(H,32,33). The van der Waals surface area contributed by atoms with Gasteiger partial charge >= 0.3 is 0 Å². The number of amides is 1. The smallest absolute Gasteiger partial charge is 0.241 e. The van der Waals surface area contributed by atoms with Crippen molar-refractivity contribution in [3.63, 3.8) is 0 Å². The normalized spacial score (nSPS) is 16.3. The van der Waals surface area contributed by atoms with E-state index in [9.17, 15) is 4.79 Å². The Hall–Kier alpha value is -2.13. The fourth-order valence-electron chi connectivity index (χ4n) is 5.37. The van der Waals surface area contributed by atoms with Crippen molar-refractivity contribution >= 4 is 11.6 Å². The van der Waals surface area contributed by atoms with E-state index in [4.69, 9.17) is 0 Å². The van der Waals surface area contributed by atoms with Gasteiger partial charge in [-0.15, -0.1) is 0 Å². The molecule has 0 bridgehead atoms. The van der Waals surface area contributed by atoms with Crippen LogP contribution in [0.25, 0.3) is 0 Å². The van der Waals surface area contributed by atoms with Crippen LogP contribution < -0.4 is 10.6 Å². The zero-order valence-electron chi connectivity index (χ0n) is 21.4. The van der Waals surface area contributed by atoms with Gasteiger partial charge in [-0.1, -0.05) is 109 Å². The van der Waals surface area contributed by atoms with Crippen molar-refractivity contribution in [1.82, 2.24) is 5.32 Å². The summed E-state index contributed by atoms with van der Waals surface area (Å²) in [6.07, 6.45) is 7.93. The van der Waals surface area contributed by atoms with Crippen LogP contribution in [0.2, 0.25) is 0 Å². The summed E-state index contributed by atoms with van der Waals surface area (Å²) in [5, 5.41) is 7.12. The maximum absolute atomic E-state index is 13.6. The van der Waals surface area contributed by atoms with Crippen LogP contribution in [0.5, 0.6) is 0 Å². The highest BCUT2D eigenvalue weighted by molar-refractivity contribution is 5.96. The van der Waals surface area contributed by atoms with Gasteiger partial charge in [0.2, 0.25) is 5.91 Å². The first kappa shape index (κ1) is 25.5. The Morgan fingerprint density at radius 2 is 1.52 bits per heavy atom. The first-order valence-electron chi connectivity index (χ1n) is 13.1. The number of nitrogens with one attached hydrogen (secondary N) is 2. The molecule has 3 heteroatoms. The molecule has 1 aliphatic rings. The number of hydrogen-bond donors (Lipinski definition) is 2. The van der Waals surface area contributed by atoms with Crippen molar-refractivity contribution < 1.29 is 4.79 Å². The molecule has 1 amide bonds. The molecule has 1 atom stereocenters. The van der Waals surface area contributed by atoms with Gasteiger partial charge in [-0.3, -0.25) is 4.79 Å². The molecule has 0 heterocycles. The molecule has 0 aromatic heterocycles. The number of anilines is 1. The zero-order valence-corrected chi connectivity index (χ0v) is 21.4. The molecule has 1 aliphatic carbocycles. The van der Waals surface area contributed by atoms with Crippen molar-refractivity contribution in [2.45, 2.75) is 103 Å². The van der Waals surface area contributed by atoms with Gasteiger partial charge in [0.25, 0.3) is 0 Å². The molecule has 2 aromatic carbocycles. The number of carbonyl (C=O) groups excluding carboxylic acids is 1. The summed E-state index contributed by atoms with van der Waals surface area (Å²) in [7, 11) is 0. The summed E-state index contributed by atoms with van der Waals surface area (Å²) in [6, 6.07) is 17.2. The maximum Gasteiger partial charge on any atom is 0.241 e. The highest BCUT2D eigenvalue weighted by Crippen LogP contribution is 2.40. The Balaban J connectivity index is 1.81. The van der Waals surface area contributed by atoms with E-state index in [1.165, 1.54) is 42.4 Å². The minimum atomic E-state index is -0.175. The van der Waals surface area contributed by atoms with Gasteiger partial charge in [0.05, 0.1) is 6.04 Å². The molecule has 180 valence electrons. The second-order valence-corrected chi connectivity index (χ2v) is 10.5. The van der Waals surface area contributed by atoms with Crippen LogP contribution in [0, 0.1) is 0 Å². The van der Waals surface area contributed by atoms with E-state index in [0.29, 0.717) is 11.8 Å². The highest BCUT2D eigenvalue weighted by Gasteiger charge is 2.36. The number of para-hydroxylation sites is 1. The summed E-state index contributed by atoms with van der Waals surface area (Å²) < 4.78 is 0. The van der Waals surface area contributed by atoms with E-state index >= 15 is 0 Å². The van der Waals surface area contributed by atoms with E-state index < -0.39 is 0 Å². The predicted octanol–water partition coefficient (Wildman–Crippen LogP) is 7.53. The molecule has 3 rings (SSSR count). The lowest BCUT2D eigenvalue weighted by Crippen LogP contribution is -2.46. The number of unbranched alkanes of at least 4 members (excludes halogenated alkanes) is 1. The monoisotopic (exact) mass is 448 g/mol. The van der Waals surface area contributed by atoms with Crippen LogP contribution in [0.1, 0.15) is 108 Å². The number of rotatable bonds is 11. The summed E-state index contributed by atoms with van der Waals surface area (Å²) in [5.74, 6) is 0.835. The lowest BCUT2D eigenvalue weighted by atomic mass is 9.78. The fourth-order valence-corrected chi connectivity index (χ4v) is 5.37. The molecule has 1 fully saturated rings. The topological polar surface area (TPSA) is 41.1 Å². The van der Waals surface area contributed by atoms with Crippen molar-refractivity contribution in [3.8, 4) is 0 Å². The van der Waals surface area contributed by atoms with Crippen LogP contribution in [0.4, 0.5) is 5.69 Å². The Bertz CT molecular complexity index is 855. The minimum Gasteiger partial charge on any atom is -0.324 e. The second kappa shape index (κ2) is 11.8. The van der Waals surface area contributed by atoms with Gasteiger partial charge < -0.3 is 10.6 Å². The Kier molecular flexibility index (Phi) is 9.14. The van der Waals surface area contributed by atoms with Gasteiger partial charge in [-0.25, -0.2) is 0 Å². The van der Waals surface area contributed by atoms with Crippen LogP contribution in [0.15, 0.2) is 48.5 Å². The molecule has 3 nitrogen and oxygen atoms in total. The molecule has 2 N–H and O–H groups in total. The number of benzene rings is 2. The largest absolute Gasteiger partial charge is 0.324 e. The molecule has 0 spiro atoms. The first-order valence-corrected chi connectivity index (χ1v) is 13.1. The van der Waals surface area contributed by atoms with Crippen molar-refractivity contribution in [1.29, 1.82) is 0 Å². The molecule has 0 aliphatic heterocycles. The lowest BCUT2D eigenvalue weighted by Gasteiger charge is -2.32. The molecular formula is C30H44N2O. The summed E-state index contributed by atoms with van der Waals surface area (Å²) in [5.41, 5.74) is 5.03. The Morgan fingerprint density at radius 3 is 2.06 bits per heavy atom. The quantitative estimate of drug-likeness (QED) is 0.373. The van der Waals surface area contributed by atoms with Gasteiger partial charge in [-0.2, -0.15) is 0 Å². The average molecular weight is 449 g/mol. The third-order valence-electron chi connectivity index (χ3n) is 7.42. The first-order chi connectivity index (χ1) is 15.9. The van der Waals surface area contributed by atoms with E-state index in [-0.39, 0.29) is 17.4 Å². The highest BCUT2D eigenvalue weighted by atomic mass is 16.2. The maximum atomic E-state index is 13.6. The molecule has 2 aromatic rings.